The second-order valence-corrected chi connectivity index (χ2v) is 5.74. The zero-order valence-electron chi connectivity index (χ0n) is 12.6. The Morgan fingerprint density at radius 1 is 1.42 bits per heavy atom. The minimum atomic E-state index is 0.557. The van der Waals surface area contributed by atoms with Gasteiger partial charge in [0.15, 0.2) is 0 Å². The molecule has 0 aromatic carbocycles. The number of anilines is 1. The van der Waals surface area contributed by atoms with Gasteiger partial charge in [-0.25, -0.2) is 4.98 Å². The van der Waals surface area contributed by atoms with Crippen molar-refractivity contribution in [2.75, 3.05) is 30.5 Å². The third kappa shape index (κ3) is 5.41. The Morgan fingerprint density at radius 3 is 2.84 bits per heavy atom. The van der Waals surface area contributed by atoms with Gasteiger partial charge in [0, 0.05) is 31.6 Å². The molecule has 3 nitrogen and oxygen atoms in total. The number of rotatable bonds is 9. The SMILES string of the molecule is CCCNCc1ccnc(N(C)C(CC)CSC)c1. The van der Waals surface area contributed by atoms with Gasteiger partial charge in [-0.3, -0.25) is 0 Å². The smallest absolute Gasteiger partial charge is 0.128 e. The van der Waals surface area contributed by atoms with E-state index >= 15 is 0 Å². The molecule has 0 radical (unpaired) electrons. The van der Waals surface area contributed by atoms with Gasteiger partial charge in [0.05, 0.1) is 0 Å². The van der Waals surface area contributed by atoms with Gasteiger partial charge >= 0.3 is 0 Å². The Kier molecular flexibility index (Phi) is 7.91. The summed E-state index contributed by atoms with van der Waals surface area (Å²) in [5, 5.41) is 3.44. The number of nitrogens with zero attached hydrogens (tertiary/aromatic N) is 2. The number of hydrogen-bond acceptors (Lipinski definition) is 4. The Hall–Kier alpha value is -0.740. The predicted octanol–water partition coefficient (Wildman–Crippen LogP) is 3.16. The van der Waals surface area contributed by atoms with Gasteiger partial charge in [0.25, 0.3) is 0 Å². The molecule has 1 unspecified atom stereocenters. The maximum atomic E-state index is 4.51. The molecule has 0 fully saturated rings. The highest BCUT2D eigenvalue weighted by atomic mass is 32.2. The maximum Gasteiger partial charge on any atom is 0.128 e. The molecule has 1 rings (SSSR count). The summed E-state index contributed by atoms with van der Waals surface area (Å²) in [4.78, 5) is 6.81. The normalized spacial score (nSPS) is 12.4. The minimum Gasteiger partial charge on any atom is -0.356 e. The summed E-state index contributed by atoms with van der Waals surface area (Å²) in [5.41, 5.74) is 1.31. The van der Waals surface area contributed by atoms with Crippen molar-refractivity contribution in [3.63, 3.8) is 0 Å². The van der Waals surface area contributed by atoms with Gasteiger partial charge in [-0.1, -0.05) is 13.8 Å². The molecule has 0 amide bonds. The van der Waals surface area contributed by atoms with Gasteiger partial charge in [-0.2, -0.15) is 11.8 Å². The number of aromatic nitrogens is 1. The molecular weight excluding hydrogens is 254 g/mol. The van der Waals surface area contributed by atoms with Crippen LogP contribution in [0.1, 0.15) is 32.3 Å². The fourth-order valence-electron chi connectivity index (χ4n) is 2.06. The Labute approximate surface area is 122 Å². The van der Waals surface area contributed by atoms with E-state index in [0.29, 0.717) is 6.04 Å². The lowest BCUT2D eigenvalue weighted by Gasteiger charge is -2.28. The molecule has 108 valence electrons. The molecule has 1 atom stereocenters. The van der Waals surface area contributed by atoms with Crippen LogP contribution in [-0.2, 0) is 6.54 Å². The first-order valence-corrected chi connectivity index (χ1v) is 8.49. The minimum absolute atomic E-state index is 0.557. The Bertz CT molecular complexity index is 357. The molecule has 0 saturated heterocycles. The number of pyridine rings is 1. The number of hydrogen-bond donors (Lipinski definition) is 1. The maximum absolute atomic E-state index is 4.51. The number of nitrogens with one attached hydrogen (secondary N) is 1. The molecule has 1 heterocycles. The molecule has 0 saturated carbocycles. The van der Waals surface area contributed by atoms with Crippen molar-refractivity contribution in [1.82, 2.24) is 10.3 Å². The van der Waals surface area contributed by atoms with E-state index < -0.39 is 0 Å². The average Bonchev–Trinajstić information content (AvgIpc) is 2.44. The lowest BCUT2D eigenvalue weighted by molar-refractivity contribution is 0.659. The summed E-state index contributed by atoms with van der Waals surface area (Å²) in [6.45, 7) is 6.42. The highest BCUT2D eigenvalue weighted by molar-refractivity contribution is 7.98. The van der Waals surface area contributed by atoms with Gasteiger partial charge in [-0.15, -0.1) is 0 Å². The molecule has 0 aliphatic rings. The van der Waals surface area contributed by atoms with Gasteiger partial charge < -0.3 is 10.2 Å². The molecule has 0 bridgehead atoms. The largest absolute Gasteiger partial charge is 0.356 e. The first kappa shape index (κ1) is 16.3. The van der Waals surface area contributed by atoms with Crippen LogP contribution in [0.25, 0.3) is 0 Å². The molecule has 0 spiro atoms. The number of thioether (sulfide) groups is 1. The fraction of sp³-hybridized carbons (Fsp3) is 0.667. The van der Waals surface area contributed by atoms with Crippen molar-refractivity contribution >= 4 is 17.6 Å². The van der Waals surface area contributed by atoms with Crippen LogP contribution in [-0.4, -0.2) is 36.6 Å². The van der Waals surface area contributed by atoms with Crippen LogP contribution in [0, 0.1) is 0 Å². The van der Waals surface area contributed by atoms with Crippen LogP contribution in [0.3, 0.4) is 0 Å². The van der Waals surface area contributed by atoms with Crippen LogP contribution in [0.2, 0.25) is 0 Å². The van der Waals surface area contributed by atoms with E-state index in [4.69, 9.17) is 0 Å². The van der Waals surface area contributed by atoms with Crippen LogP contribution in [0.15, 0.2) is 18.3 Å². The molecule has 1 N–H and O–H groups in total. The fourth-order valence-corrected chi connectivity index (χ4v) is 2.90. The summed E-state index contributed by atoms with van der Waals surface area (Å²) in [7, 11) is 2.15. The zero-order valence-corrected chi connectivity index (χ0v) is 13.5. The molecule has 1 aromatic rings. The monoisotopic (exact) mass is 281 g/mol. The van der Waals surface area contributed by atoms with E-state index in [9.17, 15) is 0 Å². The highest BCUT2D eigenvalue weighted by Gasteiger charge is 2.13. The third-order valence-electron chi connectivity index (χ3n) is 3.31. The van der Waals surface area contributed by atoms with Crippen molar-refractivity contribution in [2.24, 2.45) is 0 Å². The first-order chi connectivity index (χ1) is 9.22. The predicted molar refractivity (Wildman–Crippen MR) is 87.1 cm³/mol. The quantitative estimate of drug-likeness (QED) is 0.704. The molecule has 0 aliphatic carbocycles. The zero-order chi connectivity index (χ0) is 14.1. The van der Waals surface area contributed by atoms with Crippen LogP contribution in [0.4, 0.5) is 5.82 Å². The first-order valence-electron chi connectivity index (χ1n) is 7.10. The molecule has 0 aliphatic heterocycles. The Morgan fingerprint density at radius 2 is 2.21 bits per heavy atom. The van der Waals surface area contributed by atoms with Crippen molar-refractivity contribution in [2.45, 2.75) is 39.3 Å². The standard InChI is InChI=1S/C15H27N3S/c1-5-8-16-11-13-7-9-17-15(10-13)18(3)14(6-2)12-19-4/h7,9-10,14,16H,5-6,8,11-12H2,1-4H3. The molecule has 19 heavy (non-hydrogen) atoms. The summed E-state index contributed by atoms with van der Waals surface area (Å²) >= 11 is 1.90. The van der Waals surface area contributed by atoms with Gasteiger partial charge in [0.1, 0.15) is 5.82 Å². The van der Waals surface area contributed by atoms with E-state index in [-0.39, 0.29) is 0 Å². The van der Waals surface area contributed by atoms with Crippen molar-refractivity contribution in [3.05, 3.63) is 23.9 Å². The second-order valence-electron chi connectivity index (χ2n) is 4.83. The van der Waals surface area contributed by atoms with Crippen molar-refractivity contribution < 1.29 is 0 Å². The van der Waals surface area contributed by atoms with Gasteiger partial charge in [0.2, 0.25) is 0 Å². The Balaban J connectivity index is 2.68. The van der Waals surface area contributed by atoms with E-state index in [1.807, 2.05) is 18.0 Å². The lowest BCUT2D eigenvalue weighted by atomic mass is 10.2. The molecule has 1 aromatic heterocycles. The lowest BCUT2D eigenvalue weighted by Crippen LogP contribution is -2.33. The van der Waals surface area contributed by atoms with E-state index in [2.05, 4.69) is 54.5 Å². The second kappa shape index (κ2) is 9.21. The van der Waals surface area contributed by atoms with E-state index in [1.165, 1.54) is 12.0 Å². The third-order valence-corrected chi connectivity index (χ3v) is 4.02. The van der Waals surface area contributed by atoms with Crippen molar-refractivity contribution in [1.29, 1.82) is 0 Å². The van der Waals surface area contributed by atoms with Gasteiger partial charge in [-0.05, 0) is 43.3 Å². The summed E-state index contributed by atoms with van der Waals surface area (Å²) in [6, 6.07) is 4.85. The molecule has 4 heteroatoms. The summed E-state index contributed by atoms with van der Waals surface area (Å²) in [6.07, 6.45) is 6.40. The van der Waals surface area contributed by atoms with E-state index in [0.717, 1.165) is 31.1 Å². The van der Waals surface area contributed by atoms with Crippen LogP contribution >= 0.6 is 11.8 Å². The topological polar surface area (TPSA) is 28.2 Å². The van der Waals surface area contributed by atoms with E-state index in [1.54, 1.807) is 0 Å². The highest BCUT2D eigenvalue weighted by Crippen LogP contribution is 2.17. The van der Waals surface area contributed by atoms with Crippen molar-refractivity contribution in [3.8, 4) is 0 Å². The van der Waals surface area contributed by atoms with Crippen LogP contribution in [0.5, 0.6) is 0 Å². The average molecular weight is 281 g/mol. The van der Waals surface area contributed by atoms with Crippen LogP contribution < -0.4 is 10.2 Å². The summed E-state index contributed by atoms with van der Waals surface area (Å²) in [5.74, 6) is 2.23. The molecular formula is C15H27N3S. The summed E-state index contributed by atoms with van der Waals surface area (Å²) < 4.78 is 0.